The second-order valence-corrected chi connectivity index (χ2v) is 10.7. The summed E-state index contributed by atoms with van der Waals surface area (Å²) in [4.78, 5) is 16.6. The fraction of sp³-hybridized carbons (Fsp3) is 0.148. The number of halogens is 1. The Kier molecular flexibility index (Phi) is 8.79. The van der Waals surface area contributed by atoms with E-state index < -0.39 is 16.0 Å². The van der Waals surface area contributed by atoms with Crippen LogP contribution in [0.5, 0.6) is 17.2 Å². The van der Waals surface area contributed by atoms with Crippen LogP contribution in [-0.4, -0.2) is 38.7 Å². The summed E-state index contributed by atoms with van der Waals surface area (Å²) in [6, 6.07) is 18.8. The largest absolute Gasteiger partial charge is 0.490 e. The Morgan fingerprint density at radius 3 is 2.58 bits per heavy atom. The third-order valence-corrected chi connectivity index (χ3v) is 7.23. The Morgan fingerprint density at radius 2 is 1.82 bits per heavy atom. The van der Waals surface area contributed by atoms with E-state index in [1.807, 2.05) is 53.8 Å². The van der Waals surface area contributed by atoms with Crippen molar-refractivity contribution in [3.8, 4) is 17.2 Å². The maximum Gasteiger partial charge on any atom is 0.339 e. The van der Waals surface area contributed by atoms with Crippen LogP contribution < -0.4 is 19.1 Å². The molecule has 0 aliphatic rings. The van der Waals surface area contributed by atoms with Gasteiger partial charge in [0.25, 0.3) is 5.91 Å². The summed E-state index contributed by atoms with van der Waals surface area (Å²) in [7, 11) is -4.07. The third kappa shape index (κ3) is 6.78. The molecule has 0 saturated heterocycles. The van der Waals surface area contributed by atoms with Gasteiger partial charge in [-0.3, -0.25) is 9.78 Å². The molecule has 0 atom stereocenters. The first-order valence-electron chi connectivity index (χ1n) is 11.5. The van der Waals surface area contributed by atoms with Crippen molar-refractivity contribution in [3.05, 3.63) is 87.6 Å². The summed E-state index contributed by atoms with van der Waals surface area (Å²) in [5.74, 6) is 0.341. The predicted molar refractivity (Wildman–Crippen MR) is 152 cm³/mol. The number of carbonyl (C=O) groups excluding carboxylic acids is 1. The number of nitrogens with zero attached hydrogens (tertiary/aromatic N) is 2. The minimum absolute atomic E-state index is 0.0381. The molecule has 0 radical (unpaired) electrons. The first kappa shape index (κ1) is 27.3. The van der Waals surface area contributed by atoms with E-state index in [4.69, 9.17) is 13.7 Å². The summed E-state index contributed by atoms with van der Waals surface area (Å²) in [6.45, 7) is 3.68. The van der Waals surface area contributed by atoms with Gasteiger partial charge in [0.1, 0.15) is 16.2 Å². The first-order chi connectivity index (χ1) is 18.3. The van der Waals surface area contributed by atoms with Gasteiger partial charge in [0.05, 0.1) is 16.4 Å². The van der Waals surface area contributed by atoms with Crippen LogP contribution in [0.1, 0.15) is 18.1 Å². The lowest BCUT2D eigenvalue weighted by atomic mass is 10.2. The van der Waals surface area contributed by atoms with Crippen molar-refractivity contribution in [1.29, 1.82) is 0 Å². The quantitative estimate of drug-likeness (QED) is 0.114. The topological polar surface area (TPSA) is 116 Å². The molecule has 38 heavy (non-hydrogen) atoms. The second-order valence-electron chi connectivity index (χ2n) is 8.03. The zero-order chi connectivity index (χ0) is 27.1. The van der Waals surface area contributed by atoms with Crippen molar-refractivity contribution in [1.82, 2.24) is 10.4 Å². The zero-order valence-electron chi connectivity index (χ0n) is 20.5. The number of fused-ring (bicyclic) bond motifs is 1. The Labute approximate surface area is 234 Å². The van der Waals surface area contributed by atoms with Crippen molar-refractivity contribution in [2.45, 2.75) is 18.7 Å². The van der Waals surface area contributed by atoms with Gasteiger partial charge < -0.3 is 13.7 Å². The van der Waals surface area contributed by atoms with Gasteiger partial charge in [0.15, 0.2) is 18.1 Å². The number of aryl methyl sites for hydroxylation is 1. The summed E-state index contributed by atoms with van der Waals surface area (Å²) >= 11 is 1.96. The third-order valence-electron chi connectivity index (χ3n) is 5.19. The lowest BCUT2D eigenvalue weighted by molar-refractivity contribution is -0.123. The highest BCUT2D eigenvalue weighted by molar-refractivity contribution is 14.1. The molecular weight excluding hydrogens is 621 g/mol. The molecule has 0 fully saturated rings. The number of carbonyl (C=O) groups is 1. The molecule has 0 saturated carbocycles. The van der Waals surface area contributed by atoms with Crippen LogP contribution >= 0.6 is 22.6 Å². The molecule has 4 aromatic rings. The molecule has 11 heteroatoms. The molecule has 3 aromatic carbocycles. The Bertz CT molecular complexity index is 1590. The van der Waals surface area contributed by atoms with E-state index in [0.29, 0.717) is 20.4 Å². The van der Waals surface area contributed by atoms with E-state index >= 15 is 0 Å². The molecule has 0 bridgehead atoms. The van der Waals surface area contributed by atoms with Crippen LogP contribution in [0.3, 0.4) is 0 Å². The number of hydrogen-bond acceptors (Lipinski definition) is 8. The molecule has 0 unspecified atom stereocenters. The number of para-hydroxylation sites is 1. The molecule has 1 N–H and O–H groups in total. The number of aromatic nitrogens is 1. The van der Waals surface area contributed by atoms with Gasteiger partial charge in [0.2, 0.25) is 0 Å². The normalized spacial score (nSPS) is 11.4. The molecule has 0 aliphatic heterocycles. The number of nitrogens with one attached hydrogen (secondary N) is 1. The molecule has 0 aliphatic carbocycles. The number of hydrazone groups is 1. The standard InChI is InChI=1S/C27H24IN3O6S/c1-3-35-24-15-19(14-22(28)27(24)37-38(33,34)21-11-9-18(2)10-12-21)16-30-31-25(32)17-36-23-8-4-6-20-7-5-13-29-26(20)23/h4-16H,3,17H2,1-2H3,(H,31,32)/b30-16-. The number of pyridine rings is 1. The van der Waals surface area contributed by atoms with Crippen LogP contribution in [0.4, 0.5) is 0 Å². The molecule has 1 aromatic heterocycles. The smallest absolute Gasteiger partial charge is 0.339 e. The Morgan fingerprint density at radius 1 is 1.05 bits per heavy atom. The van der Waals surface area contributed by atoms with E-state index in [1.54, 1.807) is 43.5 Å². The predicted octanol–water partition coefficient (Wildman–Crippen LogP) is 4.84. The van der Waals surface area contributed by atoms with Crippen LogP contribution in [0, 0.1) is 10.5 Å². The van der Waals surface area contributed by atoms with Gasteiger partial charge >= 0.3 is 10.1 Å². The van der Waals surface area contributed by atoms with Crippen molar-refractivity contribution in [3.63, 3.8) is 0 Å². The summed E-state index contributed by atoms with van der Waals surface area (Å²) in [5, 5.41) is 4.89. The minimum atomic E-state index is -4.07. The minimum Gasteiger partial charge on any atom is -0.490 e. The number of rotatable bonds is 10. The SMILES string of the molecule is CCOc1cc(/C=N\NC(=O)COc2cccc3cccnc23)cc(I)c1OS(=O)(=O)c1ccc(C)cc1. The van der Waals surface area contributed by atoms with Gasteiger partial charge in [0, 0.05) is 11.6 Å². The van der Waals surface area contributed by atoms with Crippen LogP contribution in [0.25, 0.3) is 10.9 Å². The average molecular weight is 645 g/mol. The molecule has 9 nitrogen and oxygen atoms in total. The maximum absolute atomic E-state index is 12.8. The Hall–Kier alpha value is -3.71. The van der Waals surface area contributed by atoms with Crippen molar-refractivity contribution < 1.29 is 26.9 Å². The molecule has 196 valence electrons. The van der Waals surface area contributed by atoms with Crippen molar-refractivity contribution in [2.75, 3.05) is 13.2 Å². The zero-order valence-corrected chi connectivity index (χ0v) is 23.5. The van der Waals surface area contributed by atoms with E-state index in [0.717, 1.165) is 10.9 Å². The number of benzene rings is 3. The first-order valence-corrected chi connectivity index (χ1v) is 14.0. The van der Waals surface area contributed by atoms with Gasteiger partial charge in [-0.05, 0) is 78.4 Å². The monoisotopic (exact) mass is 645 g/mol. The summed E-state index contributed by atoms with van der Waals surface area (Å²) in [6.07, 6.45) is 3.08. The highest BCUT2D eigenvalue weighted by Gasteiger charge is 2.22. The van der Waals surface area contributed by atoms with E-state index in [-0.39, 0.29) is 29.6 Å². The van der Waals surface area contributed by atoms with Crippen LogP contribution in [-0.2, 0) is 14.9 Å². The lowest BCUT2D eigenvalue weighted by Crippen LogP contribution is -2.24. The fourth-order valence-corrected chi connectivity index (χ4v) is 5.26. The summed E-state index contributed by atoms with van der Waals surface area (Å²) in [5.41, 5.74) is 4.58. The highest BCUT2D eigenvalue weighted by atomic mass is 127. The highest BCUT2D eigenvalue weighted by Crippen LogP contribution is 2.36. The van der Waals surface area contributed by atoms with E-state index in [9.17, 15) is 13.2 Å². The Balaban J connectivity index is 1.43. The molecule has 1 amide bonds. The average Bonchev–Trinajstić information content (AvgIpc) is 2.90. The van der Waals surface area contributed by atoms with E-state index in [2.05, 4.69) is 15.5 Å². The van der Waals surface area contributed by atoms with Crippen molar-refractivity contribution in [2.24, 2.45) is 5.10 Å². The van der Waals surface area contributed by atoms with Gasteiger partial charge in [-0.2, -0.15) is 13.5 Å². The van der Waals surface area contributed by atoms with Crippen LogP contribution in [0.2, 0.25) is 0 Å². The van der Waals surface area contributed by atoms with E-state index in [1.165, 1.54) is 18.3 Å². The maximum atomic E-state index is 12.8. The van der Waals surface area contributed by atoms with Gasteiger partial charge in [-0.25, -0.2) is 5.43 Å². The number of amides is 1. The summed E-state index contributed by atoms with van der Waals surface area (Å²) < 4.78 is 42.8. The second kappa shape index (κ2) is 12.2. The molecule has 4 rings (SSSR count). The fourth-order valence-electron chi connectivity index (χ4n) is 3.42. The number of ether oxygens (including phenoxy) is 2. The van der Waals surface area contributed by atoms with Crippen LogP contribution in [0.15, 0.2) is 82.9 Å². The molecule has 0 spiro atoms. The van der Waals surface area contributed by atoms with Crippen molar-refractivity contribution >= 4 is 55.7 Å². The molecular formula is C27H24IN3O6S. The van der Waals surface area contributed by atoms with Gasteiger partial charge in [-0.15, -0.1) is 0 Å². The molecule has 1 heterocycles. The lowest BCUT2D eigenvalue weighted by Gasteiger charge is -2.14. The number of hydrogen-bond donors (Lipinski definition) is 1. The van der Waals surface area contributed by atoms with Gasteiger partial charge in [-0.1, -0.05) is 35.9 Å².